The molecule has 0 atom stereocenters. The number of rotatable bonds is 8. The number of benzene rings is 1. The third-order valence-corrected chi connectivity index (χ3v) is 4.37. The Balaban J connectivity index is 1.83. The highest BCUT2D eigenvalue weighted by Crippen LogP contribution is 2.15. The standard InChI is InChI=1S/C19H21N3O5S/c1-2-3-9-20-19(26)22-16(23)12-27-18(25)13-6-4-7-14(11-13)21-17(24)15-8-5-10-28-15/h4-8,10-11H,2-3,9,12H2,1H3,(H,21,24)(H2,20,22,23,26). The van der Waals surface area contributed by atoms with Crippen LogP contribution < -0.4 is 16.0 Å². The van der Waals surface area contributed by atoms with Gasteiger partial charge in [-0.3, -0.25) is 14.9 Å². The predicted molar refractivity (Wildman–Crippen MR) is 105 cm³/mol. The van der Waals surface area contributed by atoms with Gasteiger partial charge in [-0.2, -0.15) is 0 Å². The number of carbonyl (C=O) groups is 4. The highest BCUT2D eigenvalue weighted by atomic mass is 32.1. The minimum Gasteiger partial charge on any atom is -0.452 e. The highest BCUT2D eigenvalue weighted by molar-refractivity contribution is 7.12. The van der Waals surface area contributed by atoms with Crippen molar-refractivity contribution in [2.45, 2.75) is 19.8 Å². The van der Waals surface area contributed by atoms with Crippen molar-refractivity contribution < 1.29 is 23.9 Å². The third kappa shape index (κ3) is 6.84. The fraction of sp³-hybridized carbons (Fsp3) is 0.263. The van der Waals surface area contributed by atoms with E-state index in [1.807, 2.05) is 6.92 Å². The fourth-order valence-electron chi connectivity index (χ4n) is 2.12. The fourth-order valence-corrected chi connectivity index (χ4v) is 2.74. The molecule has 0 aliphatic heterocycles. The Morgan fingerprint density at radius 1 is 1.11 bits per heavy atom. The van der Waals surface area contributed by atoms with Crippen molar-refractivity contribution in [2.75, 3.05) is 18.5 Å². The van der Waals surface area contributed by atoms with Crippen LogP contribution in [0.1, 0.15) is 39.8 Å². The summed E-state index contributed by atoms with van der Waals surface area (Å²) in [5, 5.41) is 9.07. The molecule has 4 amide bonds. The number of urea groups is 1. The number of carbonyl (C=O) groups excluding carboxylic acids is 4. The first-order valence-electron chi connectivity index (χ1n) is 8.69. The van der Waals surface area contributed by atoms with Gasteiger partial charge in [-0.15, -0.1) is 11.3 Å². The second-order valence-corrected chi connectivity index (χ2v) is 6.69. The molecule has 1 heterocycles. The Morgan fingerprint density at radius 2 is 1.93 bits per heavy atom. The van der Waals surface area contributed by atoms with E-state index in [-0.39, 0.29) is 11.5 Å². The highest BCUT2D eigenvalue weighted by Gasteiger charge is 2.14. The zero-order chi connectivity index (χ0) is 20.4. The van der Waals surface area contributed by atoms with E-state index in [0.717, 1.165) is 12.8 Å². The quantitative estimate of drug-likeness (QED) is 0.463. The van der Waals surface area contributed by atoms with Crippen molar-refractivity contribution in [1.82, 2.24) is 10.6 Å². The molecule has 0 radical (unpaired) electrons. The van der Waals surface area contributed by atoms with E-state index in [9.17, 15) is 19.2 Å². The molecule has 3 N–H and O–H groups in total. The number of amides is 4. The minimum atomic E-state index is -0.742. The molecule has 2 rings (SSSR count). The Labute approximate surface area is 166 Å². The molecule has 0 spiro atoms. The SMILES string of the molecule is CCCCNC(=O)NC(=O)COC(=O)c1cccc(NC(=O)c2cccs2)c1. The van der Waals surface area contributed by atoms with E-state index in [2.05, 4.69) is 16.0 Å². The first-order chi connectivity index (χ1) is 13.5. The van der Waals surface area contributed by atoms with Crippen LogP contribution in [0.2, 0.25) is 0 Å². The van der Waals surface area contributed by atoms with Gasteiger partial charge in [0.05, 0.1) is 10.4 Å². The van der Waals surface area contributed by atoms with E-state index in [1.165, 1.54) is 23.5 Å². The van der Waals surface area contributed by atoms with E-state index < -0.39 is 24.5 Å². The number of nitrogens with one attached hydrogen (secondary N) is 3. The van der Waals surface area contributed by atoms with Crippen molar-refractivity contribution in [1.29, 1.82) is 0 Å². The van der Waals surface area contributed by atoms with Gasteiger partial charge in [-0.1, -0.05) is 25.5 Å². The molecule has 148 valence electrons. The number of hydrogen-bond donors (Lipinski definition) is 3. The summed E-state index contributed by atoms with van der Waals surface area (Å²) >= 11 is 1.30. The normalized spacial score (nSPS) is 10.0. The largest absolute Gasteiger partial charge is 0.452 e. The summed E-state index contributed by atoms with van der Waals surface area (Å²) in [7, 11) is 0. The molecule has 0 aliphatic rings. The van der Waals surface area contributed by atoms with Crippen molar-refractivity contribution in [2.24, 2.45) is 0 Å². The van der Waals surface area contributed by atoms with Gasteiger partial charge in [0, 0.05) is 12.2 Å². The molecule has 8 nitrogen and oxygen atoms in total. The molecule has 0 fully saturated rings. The number of hydrogen-bond acceptors (Lipinski definition) is 6. The molecular formula is C19H21N3O5S. The maximum atomic E-state index is 12.1. The van der Waals surface area contributed by atoms with Crippen LogP contribution >= 0.6 is 11.3 Å². The molecular weight excluding hydrogens is 382 g/mol. The average Bonchev–Trinajstić information content (AvgIpc) is 3.21. The second kappa shape index (κ2) is 10.8. The van der Waals surface area contributed by atoms with Gasteiger partial charge >= 0.3 is 12.0 Å². The van der Waals surface area contributed by atoms with E-state index in [1.54, 1.807) is 29.6 Å². The summed E-state index contributed by atoms with van der Waals surface area (Å²) in [4.78, 5) is 47.8. The van der Waals surface area contributed by atoms with Gasteiger partial charge < -0.3 is 15.4 Å². The summed E-state index contributed by atoms with van der Waals surface area (Å²) in [6.45, 7) is 1.85. The molecule has 0 saturated carbocycles. The lowest BCUT2D eigenvalue weighted by atomic mass is 10.2. The van der Waals surface area contributed by atoms with Crippen LogP contribution in [0, 0.1) is 0 Å². The van der Waals surface area contributed by atoms with Crippen LogP contribution in [0.5, 0.6) is 0 Å². The van der Waals surface area contributed by atoms with E-state index >= 15 is 0 Å². The maximum absolute atomic E-state index is 12.1. The van der Waals surface area contributed by atoms with Gasteiger partial charge in [-0.25, -0.2) is 9.59 Å². The molecule has 0 aliphatic carbocycles. The monoisotopic (exact) mass is 403 g/mol. The number of ether oxygens (including phenoxy) is 1. The van der Waals surface area contributed by atoms with E-state index in [4.69, 9.17) is 4.74 Å². The summed E-state index contributed by atoms with van der Waals surface area (Å²) in [5.41, 5.74) is 0.594. The topological polar surface area (TPSA) is 114 Å². The molecule has 1 aromatic heterocycles. The van der Waals surface area contributed by atoms with Gasteiger partial charge in [0.1, 0.15) is 0 Å². The molecule has 0 unspecified atom stereocenters. The number of thiophene rings is 1. The Hall–Kier alpha value is -3.20. The van der Waals surface area contributed by atoms with Crippen molar-refractivity contribution in [3.05, 3.63) is 52.2 Å². The lowest BCUT2D eigenvalue weighted by molar-refractivity contribution is -0.123. The van der Waals surface area contributed by atoms with Crippen LogP contribution in [0.25, 0.3) is 0 Å². The third-order valence-electron chi connectivity index (χ3n) is 3.50. The van der Waals surface area contributed by atoms with Crippen molar-refractivity contribution >= 4 is 40.8 Å². The molecule has 1 aromatic carbocycles. The first-order valence-corrected chi connectivity index (χ1v) is 9.57. The Bertz CT molecular complexity index is 836. The number of imide groups is 1. The predicted octanol–water partition coefficient (Wildman–Crippen LogP) is 2.78. The Morgan fingerprint density at radius 3 is 2.64 bits per heavy atom. The minimum absolute atomic E-state index is 0.171. The molecule has 9 heteroatoms. The first kappa shape index (κ1) is 21.1. The lowest BCUT2D eigenvalue weighted by Gasteiger charge is -2.08. The van der Waals surface area contributed by atoms with Crippen molar-refractivity contribution in [3.63, 3.8) is 0 Å². The van der Waals surface area contributed by atoms with Crippen LogP contribution in [0.3, 0.4) is 0 Å². The van der Waals surface area contributed by atoms with Crippen LogP contribution in [-0.4, -0.2) is 37.0 Å². The molecule has 0 bridgehead atoms. The number of unbranched alkanes of at least 4 members (excludes halogenated alkanes) is 1. The van der Waals surface area contributed by atoms with Gasteiger partial charge in [-0.05, 0) is 36.1 Å². The Kier molecular flexibility index (Phi) is 8.16. The molecule has 0 saturated heterocycles. The molecule has 28 heavy (non-hydrogen) atoms. The van der Waals surface area contributed by atoms with Crippen molar-refractivity contribution in [3.8, 4) is 0 Å². The van der Waals surface area contributed by atoms with Gasteiger partial charge in [0.15, 0.2) is 6.61 Å². The maximum Gasteiger partial charge on any atom is 0.338 e. The zero-order valence-electron chi connectivity index (χ0n) is 15.3. The zero-order valence-corrected chi connectivity index (χ0v) is 16.1. The summed E-state index contributed by atoms with van der Waals surface area (Å²) in [6, 6.07) is 8.99. The lowest BCUT2D eigenvalue weighted by Crippen LogP contribution is -2.41. The smallest absolute Gasteiger partial charge is 0.338 e. The van der Waals surface area contributed by atoms with Crippen LogP contribution in [0.4, 0.5) is 10.5 Å². The van der Waals surface area contributed by atoms with Gasteiger partial charge in [0.2, 0.25) is 0 Å². The number of esters is 1. The average molecular weight is 403 g/mol. The summed E-state index contributed by atoms with van der Waals surface area (Å²) in [6.07, 6.45) is 1.72. The van der Waals surface area contributed by atoms with Crippen LogP contribution in [0.15, 0.2) is 41.8 Å². The molecule has 2 aromatic rings. The van der Waals surface area contributed by atoms with Crippen LogP contribution in [-0.2, 0) is 9.53 Å². The second-order valence-electron chi connectivity index (χ2n) is 5.75. The summed E-state index contributed by atoms with van der Waals surface area (Å²) in [5.74, 6) is -1.76. The number of anilines is 1. The van der Waals surface area contributed by atoms with E-state index in [0.29, 0.717) is 17.1 Å². The van der Waals surface area contributed by atoms with Gasteiger partial charge in [0.25, 0.3) is 11.8 Å². The summed E-state index contributed by atoms with van der Waals surface area (Å²) < 4.78 is 4.91.